The van der Waals surface area contributed by atoms with Gasteiger partial charge in [0.2, 0.25) is 23.6 Å². The molecule has 0 radical (unpaired) electrons. The van der Waals surface area contributed by atoms with E-state index in [1.165, 1.54) is 6.92 Å². The van der Waals surface area contributed by atoms with Crippen LogP contribution in [0, 0.1) is 12.8 Å². The summed E-state index contributed by atoms with van der Waals surface area (Å²) in [6.45, 7) is 5.08. The van der Waals surface area contributed by atoms with Crippen LogP contribution in [-0.2, 0) is 32.1 Å². The van der Waals surface area contributed by atoms with E-state index in [2.05, 4.69) is 16.0 Å². The molecule has 1 saturated heterocycles. The summed E-state index contributed by atoms with van der Waals surface area (Å²) >= 11 is 0. The smallest absolute Gasteiger partial charge is 0.243 e. The van der Waals surface area contributed by atoms with Crippen molar-refractivity contribution in [2.24, 2.45) is 5.92 Å². The molecule has 0 aromatic heterocycles. The lowest BCUT2D eigenvalue weighted by atomic mass is 9.99. The number of fused-ring (bicyclic) bond motifs is 9. The highest BCUT2D eigenvalue weighted by molar-refractivity contribution is 5.94. The summed E-state index contributed by atoms with van der Waals surface area (Å²) in [5.41, 5.74) is 2.97. The number of carbonyl (C=O) groups is 4. The van der Waals surface area contributed by atoms with Gasteiger partial charge in [0, 0.05) is 32.5 Å². The van der Waals surface area contributed by atoms with Gasteiger partial charge in [-0.05, 0) is 48.6 Å². The molecule has 2 aromatic carbocycles. The Morgan fingerprint density at radius 3 is 2.57 bits per heavy atom. The van der Waals surface area contributed by atoms with E-state index in [-0.39, 0.29) is 30.7 Å². The van der Waals surface area contributed by atoms with Gasteiger partial charge in [0.05, 0.1) is 13.0 Å². The molecule has 0 unspecified atom stereocenters. The Morgan fingerprint density at radius 2 is 1.84 bits per heavy atom. The second kappa shape index (κ2) is 11.9. The Balaban J connectivity index is 1.57. The summed E-state index contributed by atoms with van der Waals surface area (Å²) in [5, 5.41) is 8.32. The molecule has 0 saturated carbocycles. The molecule has 3 aliphatic rings. The predicted molar refractivity (Wildman–Crippen MR) is 138 cm³/mol. The highest BCUT2D eigenvalue weighted by Crippen LogP contribution is 2.22. The van der Waals surface area contributed by atoms with E-state index >= 15 is 0 Å². The second-order valence-electron chi connectivity index (χ2n) is 9.82. The molecule has 9 heteroatoms. The van der Waals surface area contributed by atoms with Gasteiger partial charge in [-0.2, -0.15) is 0 Å². The monoisotopic (exact) mass is 506 g/mol. The number of amides is 4. The molecule has 0 spiro atoms. The first-order valence-corrected chi connectivity index (χ1v) is 12.7. The van der Waals surface area contributed by atoms with Crippen LogP contribution in [0.25, 0.3) is 0 Å². The highest BCUT2D eigenvalue weighted by atomic mass is 16.5. The number of nitrogens with one attached hydrogen (secondary N) is 3. The maximum Gasteiger partial charge on any atom is 0.243 e. The van der Waals surface area contributed by atoms with Crippen molar-refractivity contribution in [2.45, 2.75) is 51.7 Å². The third-order valence-electron chi connectivity index (χ3n) is 6.84. The second-order valence-corrected chi connectivity index (χ2v) is 9.82. The van der Waals surface area contributed by atoms with Gasteiger partial charge in [0.25, 0.3) is 0 Å². The topological polar surface area (TPSA) is 117 Å². The Morgan fingerprint density at radius 1 is 1.08 bits per heavy atom. The normalized spacial score (nSPS) is 22.6. The summed E-state index contributed by atoms with van der Waals surface area (Å²) in [6.07, 6.45) is 0.755. The fraction of sp³-hybridized carbons (Fsp3) is 0.429. The van der Waals surface area contributed by atoms with Crippen molar-refractivity contribution in [1.29, 1.82) is 0 Å². The summed E-state index contributed by atoms with van der Waals surface area (Å²) in [4.78, 5) is 52.8. The largest absolute Gasteiger partial charge is 0.493 e. The maximum atomic E-state index is 13.3. The van der Waals surface area contributed by atoms with Crippen LogP contribution in [0.15, 0.2) is 48.5 Å². The van der Waals surface area contributed by atoms with Crippen molar-refractivity contribution < 1.29 is 23.9 Å². The van der Waals surface area contributed by atoms with Crippen molar-refractivity contribution in [3.8, 4) is 5.75 Å². The van der Waals surface area contributed by atoms with Crippen molar-refractivity contribution in [3.63, 3.8) is 0 Å². The van der Waals surface area contributed by atoms with Crippen LogP contribution >= 0.6 is 0 Å². The number of hydrogen-bond acceptors (Lipinski definition) is 5. The zero-order valence-corrected chi connectivity index (χ0v) is 21.3. The van der Waals surface area contributed by atoms with E-state index < -0.39 is 23.9 Å². The molecule has 5 rings (SSSR count). The first-order valence-electron chi connectivity index (χ1n) is 12.7. The Kier molecular flexibility index (Phi) is 8.43. The number of ether oxygens (including phenoxy) is 1. The fourth-order valence-electron chi connectivity index (χ4n) is 4.58. The number of nitrogens with zero attached hydrogens (tertiary/aromatic N) is 1. The van der Waals surface area contributed by atoms with Gasteiger partial charge in [-0.3, -0.25) is 19.2 Å². The molecular weight excluding hydrogens is 472 g/mol. The number of carbonyl (C=O) groups excluding carboxylic acids is 4. The lowest BCUT2D eigenvalue weighted by Crippen LogP contribution is -2.57. The van der Waals surface area contributed by atoms with Gasteiger partial charge < -0.3 is 25.6 Å². The van der Waals surface area contributed by atoms with Crippen molar-refractivity contribution >= 4 is 23.6 Å². The molecule has 1 fully saturated rings. The SMILES string of the molecule is CC(=O)N[C@H]1CC(=O)N2CC(COc3ccc(C)c(c3)CNC(=O)[C@H](CCc3ccccc3)NC1=O)C2. The summed E-state index contributed by atoms with van der Waals surface area (Å²) < 4.78 is 5.96. The van der Waals surface area contributed by atoms with Gasteiger partial charge in [-0.1, -0.05) is 36.4 Å². The van der Waals surface area contributed by atoms with Crippen LogP contribution in [-0.4, -0.2) is 60.3 Å². The highest BCUT2D eigenvalue weighted by Gasteiger charge is 2.35. The molecule has 37 heavy (non-hydrogen) atoms. The van der Waals surface area contributed by atoms with Crippen LogP contribution in [0.2, 0.25) is 0 Å². The van der Waals surface area contributed by atoms with Gasteiger partial charge >= 0.3 is 0 Å². The first-order chi connectivity index (χ1) is 17.8. The quantitative estimate of drug-likeness (QED) is 0.581. The first kappa shape index (κ1) is 26.2. The average molecular weight is 507 g/mol. The molecule has 3 N–H and O–H groups in total. The summed E-state index contributed by atoms with van der Waals surface area (Å²) in [7, 11) is 0. The van der Waals surface area contributed by atoms with E-state index in [0.29, 0.717) is 38.3 Å². The van der Waals surface area contributed by atoms with Gasteiger partial charge in [-0.15, -0.1) is 0 Å². The fourth-order valence-corrected chi connectivity index (χ4v) is 4.58. The minimum absolute atomic E-state index is 0.175. The minimum Gasteiger partial charge on any atom is -0.493 e. The Labute approximate surface area is 216 Å². The number of aryl methyl sites for hydroxylation is 2. The van der Waals surface area contributed by atoms with Crippen molar-refractivity contribution in [2.75, 3.05) is 19.7 Å². The molecule has 4 bridgehead atoms. The predicted octanol–water partition coefficient (Wildman–Crippen LogP) is 1.47. The maximum absolute atomic E-state index is 13.3. The molecule has 3 aliphatic heterocycles. The number of rotatable bonds is 4. The molecule has 2 atom stereocenters. The number of hydrogen-bond donors (Lipinski definition) is 3. The van der Waals surface area contributed by atoms with E-state index in [4.69, 9.17) is 4.74 Å². The molecule has 196 valence electrons. The Hall–Kier alpha value is -3.88. The molecule has 4 amide bonds. The molecule has 0 aliphatic carbocycles. The van der Waals surface area contributed by atoms with E-state index in [1.54, 1.807) is 4.90 Å². The van der Waals surface area contributed by atoms with Gasteiger partial charge in [-0.25, -0.2) is 0 Å². The van der Waals surface area contributed by atoms with Crippen molar-refractivity contribution in [1.82, 2.24) is 20.9 Å². The van der Waals surface area contributed by atoms with Crippen LogP contribution in [0.3, 0.4) is 0 Å². The average Bonchev–Trinajstić information content (AvgIpc) is 2.84. The molecule has 9 nitrogen and oxygen atoms in total. The molecular formula is C28H34N4O5. The van der Waals surface area contributed by atoms with E-state index in [1.807, 2.05) is 55.5 Å². The van der Waals surface area contributed by atoms with Crippen molar-refractivity contribution in [3.05, 3.63) is 65.2 Å². The third kappa shape index (κ3) is 7.09. The van der Waals surface area contributed by atoms with Crippen LogP contribution in [0.4, 0.5) is 0 Å². The number of benzene rings is 2. The summed E-state index contributed by atoms with van der Waals surface area (Å²) in [6, 6.07) is 13.5. The third-order valence-corrected chi connectivity index (χ3v) is 6.84. The lowest BCUT2D eigenvalue weighted by Gasteiger charge is -2.39. The minimum atomic E-state index is -1.07. The molecule has 2 aromatic rings. The van der Waals surface area contributed by atoms with Gasteiger partial charge in [0.1, 0.15) is 17.8 Å². The van der Waals surface area contributed by atoms with E-state index in [9.17, 15) is 19.2 Å². The standard InChI is InChI=1S/C28H34N4O5/c1-18-8-10-23-12-22(18)14-29-27(35)24(11-9-20-6-4-3-5-7-20)31-28(36)25(30-19(2)33)13-26(34)32-15-21(16-32)17-37-23/h3-8,10,12,21,24-25H,9,11,13-17H2,1-2H3,(H,29,35)(H,30,33)(H,31,36)/t24-,25-/m0/s1. The molecule has 3 heterocycles. The Bertz CT molecular complexity index is 1150. The van der Waals surface area contributed by atoms with E-state index in [0.717, 1.165) is 16.7 Å². The lowest BCUT2D eigenvalue weighted by molar-refractivity contribution is -0.141. The zero-order chi connectivity index (χ0) is 26.4. The van der Waals surface area contributed by atoms with Crippen LogP contribution in [0.5, 0.6) is 5.75 Å². The zero-order valence-electron chi connectivity index (χ0n) is 21.3. The van der Waals surface area contributed by atoms with Crippen LogP contribution < -0.4 is 20.7 Å². The van der Waals surface area contributed by atoms with Gasteiger partial charge in [0.15, 0.2) is 0 Å². The summed E-state index contributed by atoms with van der Waals surface area (Å²) in [5.74, 6) is -0.632. The van der Waals surface area contributed by atoms with Crippen LogP contribution in [0.1, 0.15) is 36.5 Å².